The van der Waals surface area contributed by atoms with Gasteiger partial charge < -0.3 is 10.1 Å². The molecule has 2 rings (SSSR count). The predicted octanol–water partition coefficient (Wildman–Crippen LogP) is 2.25. The maximum absolute atomic E-state index is 5.70. The van der Waals surface area contributed by atoms with E-state index in [1.807, 2.05) is 0 Å². The van der Waals surface area contributed by atoms with Crippen molar-refractivity contribution >= 4 is 0 Å². The fourth-order valence-corrected chi connectivity index (χ4v) is 2.46. The van der Waals surface area contributed by atoms with Gasteiger partial charge in [0.1, 0.15) is 0 Å². The van der Waals surface area contributed by atoms with E-state index in [-0.39, 0.29) is 5.60 Å². The average Bonchev–Trinajstić information content (AvgIpc) is 2.54. The first kappa shape index (κ1) is 10.2. The Morgan fingerprint density at radius 1 is 1.21 bits per heavy atom. The van der Waals surface area contributed by atoms with Crippen LogP contribution < -0.4 is 5.32 Å². The van der Waals surface area contributed by atoms with Gasteiger partial charge in [-0.3, -0.25) is 0 Å². The summed E-state index contributed by atoms with van der Waals surface area (Å²) in [5, 5.41) is 3.73. The van der Waals surface area contributed by atoms with Crippen LogP contribution in [0.5, 0.6) is 0 Å². The van der Waals surface area contributed by atoms with Crippen molar-refractivity contribution in [2.45, 2.75) is 57.2 Å². The van der Waals surface area contributed by atoms with E-state index in [0.717, 1.165) is 13.0 Å². The van der Waals surface area contributed by atoms with Crippen LogP contribution in [-0.2, 0) is 4.74 Å². The van der Waals surface area contributed by atoms with E-state index in [1.54, 1.807) is 0 Å². The predicted molar refractivity (Wildman–Crippen MR) is 58.4 cm³/mol. The lowest BCUT2D eigenvalue weighted by Crippen LogP contribution is -2.46. The van der Waals surface area contributed by atoms with Crippen LogP contribution in [0.2, 0.25) is 0 Å². The summed E-state index contributed by atoms with van der Waals surface area (Å²) >= 11 is 0. The van der Waals surface area contributed by atoms with Crippen LogP contribution in [0.25, 0.3) is 0 Å². The minimum atomic E-state index is 0.0714. The van der Waals surface area contributed by atoms with Crippen LogP contribution in [-0.4, -0.2) is 24.3 Å². The molecule has 1 unspecified atom stereocenters. The van der Waals surface area contributed by atoms with Crippen LogP contribution in [0.15, 0.2) is 12.2 Å². The third-order valence-corrected chi connectivity index (χ3v) is 3.18. The van der Waals surface area contributed by atoms with Gasteiger partial charge in [0.25, 0.3) is 0 Å². The Bertz CT molecular complexity index is 214. The maximum atomic E-state index is 5.70. The third-order valence-electron chi connectivity index (χ3n) is 3.18. The van der Waals surface area contributed by atoms with Crippen molar-refractivity contribution in [1.29, 1.82) is 0 Å². The van der Waals surface area contributed by atoms with Gasteiger partial charge in [-0.05, 0) is 39.5 Å². The number of hydrogen-bond acceptors (Lipinski definition) is 2. The highest BCUT2D eigenvalue weighted by Gasteiger charge is 2.29. The van der Waals surface area contributed by atoms with Gasteiger partial charge in [0.2, 0.25) is 0 Å². The summed E-state index contributed by atoms with van der Waals surface area (Å²) in [6.45, 7) is 5.28. The fourth-order valence-electron chi connectivity index (χ4n) is 2.46. The zero-order valence-electron chi connectivity index (χ0n) is 9.25. The highest BCUT2D eigenvalue weighted by atomic mass is 16.5. The lowest BCUT2D eigenvalue weighted by Gasteiger charge is -2.37. The first-order valence-electron chi connectivity index (χ1n) is 5.71. The molecular weight excluding hydrogens is 174 g/mol. The second-order valence-corrected chi connectivity index (χ2v) is 5.10. The molecule has 1 saturated heterocycles. The lowest BCUT2D eigenvalue weighted by atomic mass is 9.93. The monoisotopic (exact) mass is 195 g/mol. The first-order valence-corrected chi connectivity index (χ1v) is 5.71. The summed E-state index contributed by atoms with van der Waals surface area (Å²) in [6, 6.07) is 1.34. The first-order chi connectivity index (χ1) is 6.66. The van der Waals surface area contributed by atoms with Crippen molar-refractivity contribution in [2.75, 3.05) is 6.61 Å². The zero-order valence-corrected chi connectivity index (χ0v) is 9.25. The molecular formula is C12H21NO. The Morgan fingerprint density at radius 2 is 1.93 bits per heavy atom. The molecule has 0 aromatic carbocycles. The van der Waals surface area contributed by atoms with Crippen molar-refractivity contribution in [1.82, 2.24) is 5.32 Å². The summed E-state index contributed by atoms with van der Waals surface area (Å²) < 4.78 is 5.70. The largest absolute Gasteiger partial charge is 0.375 e. The van der Waals surface area contributed by atoms with Crippen LogP contribution in [0.1, 0.15) is 39.5 Å². The van der Waals surface area contributed by atoms with Gasteiger partial charge in [-0.1, -0.05) is 12.2 Å². The quantitative estimate of drug-likeness (QED) is 0.682. The number of nitrogens with one attached hydrogen (secondary N) is 1. The summed E-state index contributed by atoms with van der Waals surface area (Å²) in [7, 11) is 0. The Labute approximate surface area is 86.7 Å². The molecule has 0 radical (unpaired) electrons. The molecule has 2 heteroatoms. The molecule has 0 bridgehead atoms. The van der Waals surface area contributed by atoms with Gasteiger partial charge >= 0.3 is 0 Å². The molecule has 14 heavy (non-hydrogen) atoms. The second kappa shape index (κ2) is 4.03. The minimum Gasteiger partial charge on any atom is -0.375 e. The average molecular weight is 195 g/mol. The van der Waals surface area contributed by atoms with Crippen LogP contribution in [0.4, 0.5) is 0 Å². The molecule has 2 aliphatic rings. The van der Waals surface area contributed by atoms with Gasteiger partial charge in [0.15, 0.2) is 0 Å². The highest BCUT2D eigenvalue weighted by Crippen LogP contribution is 2.25. The number of rotatable bonds is 2. The molecule has 2 nitrogen and oxygen atoms in total. The fraction of sp³-hybridized carbons (Fsp3) is 0.833. The van der Waals surface area contributed by atoms with Gasteiger partial charge in [-0.25, -0.2) is 0 Å². The molecule has 0 aromatic rings. The summed E-state index contributed by atoms with van der Waals surface area (Å²) in [6.07, 6.45) is 9.28. The molecule has 1 aliphatic carbocycles. The van der Waals surface area contributed by atoms with E-state index in [0.29, 0.717) is 12.1 Å². The third kappa shape index (κ3) is 2.58. The number of ether oxygens (including phenoxy) is 1. The van der Waals surface area contributed by atoms with Crippen LogP contribution in [0.3, 0.4) is 0 Å². The van der Waals surface area contributed by atoms with Gasteiger partial charge in [-0.15, -0.1) is 0 Å². The molecule has 1 fully saturated rings. The Morgan fingerprint density at radius 3 is 2.57 bits per heavy atom. The van der Waals surface area contributed by atoms with Crippen LogP contribution in [0, 0.1) is 0 Å². The molecule has 80 valence electrons. The minimum absolute atomic E-state index is 0.0714. The Kier molecular flexibility index (Phi) is 2.93. The smallest absolute Gasteiger partial charge is 0.0641 e. The van der Waals surface area contributed by atoms with Gasteiger partial charge in [0.05, 0.1) is 5.60 Å². The molecule has 1 N–H and O–H groups in total. The zero-order chi connectivity index (χ0) is 10.0. The second-order valence-electron chi connectivity index (χ2n) is 5.10. The van der Waals surface area contributed by atoms with E-state index >= 15 is 0 Å². The van der Waals surface area contributed by atoms with E-state index in [2.05, 4.69) is 31.3 Å². The van der Waals surface area contributed by atoms with Gasteiger partial charge in [0, 0.05) is 18.7 Å². The molecule has 0 saturated carbocycles. The van der Waals surface area contributed by atoms with E-state index in [1.165, 1.54) is 19.3 Å². The summed E-state index contributed by atoms with van der Waals surface area (Å²) in [5.74, 6) is 0. The van der Waals surface area contributed by atoms with E-state index in [4.69, 9.17) is 4.74 Å². The SMILES string of the molecule is CC1(C)CC(NC2CC=CC2)CCO1. The van der Waals surface area contributed by atoms with E-state index in [9.17, 15) is 0 Å². The molecule has 1 aliphatic heterocycles. The van der Waals surface area contributed by atoms with Crippen molar-refractivity contribution < 1.29 is 4.74 Å². The normalized spacial score (nSPS) is 32.3. The Balaban J connectivity index is 1.80. The number of hydrogen-bond donors (Lipinski definition) is 1. The highest BCUT2D eigenvalue weighted by molar-refractivity contribution is 4.99. The molecule has 1 heterocycles. The molecule has 0 amide bonds. The van der Waals surface area contributed by atoms with Crippen molar-refractivity contribution in [3.8, 4) is 0 Å². The van der Waals surface area contributed by atoms with Crippen molar-refractivity contribution in [3.63, 3.8) is 0 Å². The van der Waals surface area contributed by atoms with Gasteiger partial charge in [-0.2, -0.15) is 0 Å². The molecule has 0 spiro atoms. The Hall–Kier alpha value is -0.340. The van der Waals surface area contributed by atoms with E-state index < -0.39 is 0 Å². The van der Waals surface area contributed by atoms with Crippen molar-refractivity contribution in [2.24, 2.45) is 0 Å². The topological polar surface area (TPSA) is 21.3 Å². The summed E-state index contributed by atoms with van der Waals surface area (Å²) in [5.41, 5.74) is 0.0714. The van der Waals surface area contributed by atoms with Crippen LogP contribution >= 0.6 is 0 Å². The standard InChI is InChI=1S/C12H21NO/c1-12(2)9-11(7-8-14-12)13-10-5-3-4-6-10/h3-4,10-11,13H,5-9H2,1-2H3. The van der Waals surface area contributed by atoms with Crippen molar-refractivity contribution in [3.05, 3.63) is 12.2 Å². The molecule has 1 atom stereocenters. The lowest BCUT2D eigenvalue weighted by molar-refractivity contribution is -0.0639. The maximum Gasteiger partial charge on any atom is 0.0641 e. The molecule has 0 aromatic heterocycles. The summed E-state index contributed by atoms with van der Waals surface area (Å²) in [4.78, 5) is 0.